The maximum Gasteiger partial charge on any atom is 0.221 e. The summed E-state index contributed by atoms with van der Waals surface area (Å²) in [5.41, 5.74) is 7.16. The standard InChI is InChI=1S/C22H17N3O/c1-15(26)24-17-12-10-16(11-13-17)14-23-25-22-20-8-4-2-6-18(20)19-7-3-5-9-21(19)22/h2-14H,1H3,(H,24,26)/b23-14-. The highest BCUT2D eigenvalue weighted by molar-refractivity contribution is 6.24. The van der Waals surface area contributed by atoms with E-state index in [4.69, 9.17) is 0 Å². The van der Waals surface area contributed by atoms with E-state index in [0.717, 1.165) is 28.1 Å². The second kappa shape index (κ2) is 6.76. The predicted octanol–water partition coefficient (Wildman–Crippen LogP) is 4.50. The van der Waals surface area contributed by atoms with E-state index in [-0.39, 0.29) is 5.91 Å². The van der Waals surface area contributed by atoms with Crippen LogP contribution in [0.25, 0.3) is 11.1 Å². The van der Waals surface area contributed by atoms with Gasteiger partial charge in [0.15, 0.2) is 0 Å². The average Bonchev–Trinajstić information content (AvgIpc) is 2.97. The first-order chi connectivity index (χ1) is 12.7. The minimum Gasteiger partial charge on any atom is -0.326 e. The second-order valence-electron chi connectivity index (χ2n) is 6.09. The molecular formula is C22H17N3O. The van der Waals surface area contributed by atoms with E-state index in [1.165, 1.54) is 18.1 Å². The van der Waals surface area contributed by atoms with E-state index in [1.54, 1.807) is 6.21 Å². The summed E-state index contributed by atoms with van der Waals surface area (Å²) in [4.78, 5) is 11.1. The molecule has 0 aliphatic heterocycles. The van der Waals surface area contributed by atoms with Crippen LogP contribution in [0, 0.1) is 0 Å². The Balaban J connectivity index is 1.63. The number of hydrogen-bond donors (Lipinski definition) is 1. The third-order valence-electron chi connectivity index (χ3n) is 4.25. The molecular weight excluding hydrogens is 322 g/mol. The van der Waals surface area contributed by atoms with Crippen LogP contribution in [0.2, 0.25) is 0 Å². The lowest BCUT2D eigenvalue weighted by Gasteiger charge is -2.01. The van der Waals surface area contributed by atoms with E-state index < -0.39 is 0 Å². The third kappa shape index (κ3) is 3.05. The molecule has 1 aliphatic rings. The van der Waals surface area contributed by atoms with Gasteiger partial charge in [-0.05, 0) is 28.8 Å². The Hall–Kier alpha value is -3.53. The number of anilines is 1. The minimum atomic E-state index is -0.0867. The Morgan fingerprint density at radius 2 is 1.35 bits per heavy atom. The van der Waals surface area contributed by atoms with Crippen molar-refractivity contribution in [1.29, 1.82) is 0 Å². The summed E-state index contributed by atoms with van der Waals surface area (Å²) in [7, 11) is 0. The summed E-state index contributed by atoms with van der Waals surface area (Å²) in [5.74, 6) is -0.0867. The highest BCUT2D eigenvalue weighted by Gasteiger charge is 2.23. The molecule has 0 heterocycles. The molecule has 0 spiro atoms. The Morgan fingerprint density at radius 1 is 0.808 bits per heavy atom. The zero-order chi connectivity index (χ0) is 17.9. The molecule has 4 rings (SSSR count). The van der Waals surface area contributed by atoms with Crippen molar-refractivity contribution < 1.29 is 4.79 Å². The summed E-state index contributed by atoms with van der Waals surface area (Å²) < 4.78 is 0. The summed E-state index contributed by atoms with van der Waals surface area (Å²) in [5, 5.41) is 11.5. The van der Waals surface area contributed by atoms with Gasteiger partial charge in [-0.2, -0.15) is 5.10 Å². The summed E-state index contributed by atoms with van der Waals surface area (Å²) in [6.45, 7) is 1.49. The van der Waals surface area contributed by atoms with Crippen molar-refractivity contribution in [2.45, 2.75) is 6.92 Å². The van der Waals surface area contributed by atoms with Crippen molar-refractivity contribution in [1.82, 2.24) is 0 Å². The molecule has 4 heteroatoms. The number of benzene rings is 3. The van der Waals surface area contributed by atoms with Crippen LogP contribution < -0.4 is 5.32 Å². The number of carbonyl (C=O) groups is 1. The first-order valence-corrected chi connectivity index (χ1v) is 8.40. The first kappa shape index (κ1) is 16.0. The maximum absolute atomic E-state index is 11.1. The van der Waals surface area contributed by atoms with Gasteiger partial charge in [-0.25, -0.2) is 0 Å². The van der Waals surface area contributed by atoms with Crippen molar-refractivity contribution in [3.8, 4) is 11.1 Å². The normalized spacial score (nSPS) is 12.0. The Bertz CT molecular complexity index is 986. The number of rotatable bonds is 3. The van der Waals surface area contributed by atoms with Gasteiger partial charge in [-0.15, -0.1) is 5.10 Å². The second-order valence-corrected chi connectivity index (χ2v) is 6.09. The van der Waals surface area contributed by atoms with E-state index in [2.05, 4.69) is 39.8 Å². The van der Waals surface area contributed by atoms with Crippen molar-refractivity contribution in [2.24, 2.45) is 10.2 Å². The summed E-state index contributed by atoms with van der Waals surface area (Å²) in [6.07, 6.45) is 1.72. The van der Waals surface area contributed by atoms with Gasteiger partial charge in [0.2, 0.25) is 5.91 Å². The molecule has 0 bridgehead atoms. The molecule has 1 aliphatic carbocycles. The molecule has 26 heavy (non-hydrogen) atoms. The van der Waals surface area contributed by atoms with Crippen LogP contribution in [0.3, 0.4) is 0 Å². The zero-order valence-electron chi connectivity index (χ0n) is 14.3. The van der Waals surface area contributed by atoms with Crippen LogP contribution in [0.5, 0.6) is 0 Å². The molecule has 126 valence electrons. The smallest absolute Gasteiger partial charge is 0.221 e. The van der Waals surface area contributed by atoms with Crippen LogP contribution >= 0.6 is 0 Å². The topological polar surface area (TPSA) is 53.8 Å². The maximum atomic E-state index is 11.1. The highest BCUT2D eigenvalue weighted by Crippen LogP contribution is 2.36. The van der Waals surface area contributed by atoms with Gasteiger partial charge in [0.05, 0.1) is 6.21 Å². The van der Waals surface area contributed by atoms with E-state index in [1.807, 2.05) is 48.5 Å². The lowest BCUT2D eigenvalue weighted by Crippen LogP contribution is -2.05. The van der Waals surface area contributed by atoms with Crippen LogP contribution in [-0.2, 0) is 4.79 Å². The van der Waals surface area contributed by atoms with Gasteiger partial charge in [-0.1, -0.05) is 60.7 Å². The van der Waals surface area contributed by atoms with Crippen LogP contribution in [0.1, 0.15) is 23.6 Å². The van der Waals surface area contributed by atoms with Gasteiger partial charge in [0.25, 0.3) is 0 Å². The molecule has 0 fully saturated rings. The average molecular weight is 339 g/mol. The first-order valence-electron chi connectivity index (χ1n) is 8.40. The lowest BCUT2D eigenvalue weighted by atomic mass is 10.1. The van der Waals surface area contributed by atoms with Crippen molar-refractivity contribution in [2.75, 3.05) is 5.32 Å². The quantitative estimate of drug-likeness (QED) is 0.434. The number of nitrogens with one attached hydrogen (secondary N) is 1. The van der Waals surface area contributed by atoms with Crippen molar-refractivity contribution in [3.63, 3.8) is 0 Å². The fraction of sp³-hybridized carbons (Fsp3) is 0.0455. The highest BCUT2D eigenvalue weighted by atomic mass is 16.1. The molecule has 3 aromatic carbocycles. The molecule has 4 nitrogen and oxygen atoms in total. The van der Waals surface area contributed by atoms with E-state index in [0.29, 0.717) is 0 Å². The molecule has 0 aromatic heterocycles. The zero-order valence-corrected chi connectivity index (χ0v) is 14.3. The van der Waals surface area contributed by atoms with Crippen LogP contribution in [-0.4, -0.2) is 17.8 Å². The Morgan fingerprint density at radius 3 is 1.88 bits per heavy atom. The molecule has 0 radical (unpaired) electrons. The fourth-order valence-corrected chi connectivity index (χ4v) is 3.11. The van der Waals surface area contributed by atoms with Crippen molar-refractivity contribution >= 4 is 23.5 Å². The van der Waals surface area contributed by atoms with Gasteiger partial charge >= 0.3 is 0 Å². The predicted molar refractivity (Wildman–Crippen MR) is 106 cm³/mol. The van der Waals surface area contributed by atoms with Gasteiger partial charge in [-0.3, -0.25) is 4.79 Å². The fourth-order valence-electron chi connectivity index (χ4n) is 3.11. The van der Waals surface area contributed by atoms with Gasteiger partial charge in [0, 0.05) is 23.7 Å². The number of fused-ring (bicyclic) bond motifs is 3. The van der Waals surface area contributed by atoms with Gasteiger partial charge < -0.3 is 5.32 Å². The monoisotopic (exact) mass is 339 g/mol. The number of nitrogens with zero attached hydrogens (tertiary/aromatic N) is 2. The van der Waals surface area contributed by atoms with Crippen molar-refractivity contribution in [3.05, 3.63) is 89.5 Å². The molecule has 0 saturated carbocycles. The Labute approximate surface area is 151 Å². The number of hydrogen-bond acceptors (Lipinski definition) is 3. The molecule has 0 atom stereocenters. The Kier molecular flexibility index (Phi) is 4.15. The summed E-state index contributed by atoms with van der Waals surface area (Å²) in [6, 6.07) is 24.0. The molecule has 1 N–H and O–H groups in total. The van der Waals surface area contributed by atoms with Gasteiger partial charge in [0.1, 0.15) is 5.71 Å². The number of carbonyl (C=O) groups excluding carboxylic acids is 1. The van der Waals surface area contributed by atoms with Crippen LogP contribution in [0.15, 0.2) is 83.0 Å². The van der Waals surface area contributed by atoms with Crippen LogP contribution in [0.4, 0.5) is 5.69 Å². The summed E-state index contributed by atoms with van der Waals surface area (Å²) >= 11 is 0. The number of amides is 1. The van der Waals surface area contributed by atoms with E-state index >= 15 is 0 Å². The van der Waals surface area contributed by atoms with E-state index in [9.17, 15) is 4.79 Å². The largest absolute Gasteiger partial charge is 0.326 e. The molecule has 3 aromatic rings. The minimum absolute atomic E-state index is 0.0867. The molecule has 0 unspecified atom stereocenters. The molecule has 1 amide bonds. The lowest BCUT2D eigenvalue weighted by molar-refractivity contribution is -0.114. The third-order valence-corrected chi connectivity index (χ3v) is 4.25. The molecule has 0 saturated heterocycles. The SMILES string of the molecule is CC(=O)Nc1ccc(/C=N\N=C2c3ccccc3-c3ccccc32)cc1.